The molecule has 2 fully saturated rings. The second-order valence-corrected chi connectivity index (χ2v) is 7.66. The lowest BCUT2D eigenvalue weighted by molar-refractivity contribution is 0.0917. The van der Waals surface area contributed by atoms with Gasteiger partial charge >= 0.3 is 0 Å². The summed E-state index contributed by atoms with van der Waals surface area (Å²) in [5.41, 5.74) is 0.839. The summed E-state index contributed by atoms with van der Waals surface area (Å²) in [5.74, 6) is 2.58. The Hall–Kier alpha value is -1.35. The fraction of sp³-hybridized carbons (Fsp3) is 0.500. The van der Waals surface area contributed by atoms with Crippen molar-refractivity contribution in [2.75, 3.05) is 0 Å². The van der Waals surface area contributed by atoms with E-state index >= 15 is 0 Å². The molecule has 1 aromatic heterocycles. The zero-order chi connectivity index (χ0) is 14.4. The molecular weight excluding hydrogens is 278 g/mol. The highest BCUT2D eigenvalue weighted by Crippen LogP contribution is 2.49. The number of rotatable bonds is 3. The van der Waals surface area contributed by atoms with Crippen LogP contribution < -0.4 is 5.32 Å². The molecule has 110 valence electrons. The average Bonchev–Trinajstić information content (AvgIpc) is 3.21. The van der Waals surface area contributed by atoms with E-state index in [2.05, 4.69) is 18.3 Å². The minimum atomic E-state index is 0.0997. The Bertz CT molecular complexity index is 677. The first-order chi connectivity index (χ1) is 10.2. The smallest absolute Gasteiger partial charge is 0.252 e. The van der Waals surface area contributed by atoms with E-state index in [1.165, 1.54) is 30.4 Å². The summed E-state index contributed by atoms with van der Waals surface area (Å²) in [7, 11) is 0. The van der Waals surface area contributed by atoms with Gasteiger partial charge in [-0.2, -0.15) is 0 Å². The maximum Gasteiger partial charge on any atom is 0.252 e. The summed E-state index contributed by atoms with van der Waals surface area (Å²) in [4.78, 5) is 12.6. The van der Waals surface area contributed by atoms with Gasteiger partial charge in [-0.15, -0.1) is 11.3 Å². The Kier molecular flexibility index (Phi) is 3.26. The minimum Gasteiger partial charge on any atom is -0.349 e. The molecule has 2 nitrogen and oxygen atoms in total. The fourth-order valence-corrected chi connectivity index (χ4v) is 5.39. The minimum absolute atomic E-state index is 0.0997. The predicted octanol–water partition coefficient (Wildman–Crippen LogP) is 4.46. The van der Waals surface area contributed by atoms with Crippen LogP contribution in [0.1, 0.15) is 43.0 Å². The summed E-state index contributed by atoms with van der Waals surface area (Å²) in [6.45, 7) is 2.19. The monoisotopic (exact) mass is 299 g/mol. The van der Waals surface area contributed by atoms with Crippen LogP contribution in [0.4, 0.5) is 0 Å². The van der Waals surface area contributed by atoms with E-state index in [-0.39, 0.29) is 5.91 Å². The summed E-state index contributed by atoms with van der Waals surface area (Å²) >= 11 is 1.65. The Morgan fingerprint density at radius 3 is 2.90 bits per heavy atom. The Balaban J connectivity index is 1.50. The first kappa shape index (κ1) is 13.3. The van der Waals surface area contributed by atoms with E-state index < -0.39 is 0 Å². The highest BCUT2D eigenvalue weighted by Gasteiger charge is 2.42. The first-order valence-corrected chi connectivity index (χ1v) is 8.87. The molecule has 0 saturated heterocycles. The van der Waals surface area contributed by atoms with Crippen LogP contribution in [0.5, 0.6) is 0 Å². The molecule has 1 heterocycles. The van der Waals surface area contributed by atoms with E-state index in [1.54, 1.807) is 11.3 Å². The second-order valence-electron chi connectivity index (χ2n) is 6.75. The molecule has 0 unspecified atom stereocenters. The summed E-state index contributed by atoms with van der Waals surface area (Å²) < 4.78 is 1.19. The van der Waals surface area contributed by atoms with Crippen molar-refractivity contribution in [3.8, 4) is 0 Å². The maximum atomic E-state index is 12.6. The molecule has 1 N–H and O–H groups in total. The topological polar surface area (TPSA) is 29.1 Å². The normalized spacial score (nSPS) is 28.9. The lowest BCUT2D eigenvalue weighted by Gasteiger charge is -2.28. The standard InChI is InChI=1S/C18H21NOS/c1-11(15-9-12-6-7-13(15)8-12)19-18(20)16-10-21-17-5-3-2-4-14(16)17/h2-5,10-13,15H,6-9H2,1H3,(H,19,20)/t11-,12-,13-,15-/m1/s1. The number of thiophene rings is 1. The zero-order valence-electron chi connectivity index (χ0n) is 12.3. The van der Waals surface area contributed by atoms with Gasteiger partial charge < -0.3 is 5.32 Å². The molecule has 2 bridgehead atoms. The van der Waals surface area contributed by atoms with Gasteiger partial charge in [-0.3, -0.25) is 4.79 Å². The van der Waals surface area contributed by atoms with E-state index in [4.69, 9.17) is 0 Å². The molecule has 2 aliphatic rings. The van der Waals surface area contributed by atoms with Gasteiger partial charge in [-0.05, 0) is 50.0 Å². The molecule has 0 radical (unpaired) electrons. The third kappa shape index (κ3) is 2.28. The van der Waals surface area contributed by atoms with Gasteiger partial charge in [0.15, 0.2) is 0 Å². The van der Waals surface area contributed by atoms with E-state index in [9.17, 15) is 4.79 Å². The van der Waals surface area contributed by atoms with Crippen LogP contribution in [0.25, 0.3) is 10.1 Å². The van der Waals surface area contributed by atoms with Gasteiger partial charge in [-0.1, -0.05) is 24.6 Å². The van der Waals surface area contributed by atoms with Crippen molar-refractivity contribution in [1.82, 2.24) is 5.32 Å². The quantitative estimate of drug-likeness (QED) is 0.891. The largest absolute Gasteiger partial charge is 0.349 e. The second kappa shape index (κ2) is 5.13. The van der Waals surface area contributed by atoms with Crippen molar-refractivity contribution in [3.63, 3.8) is 0 Å². The first-order valence-electron chi connectivity index (χ1n) is 7.99. The summed E-state index contributed by atoms with van der Waals surface area (Å²) in [5, 5.41) is 6.35. The van der Waals surface area contributed by atoms with Crippen molar-refractivity contribution in [3.05, 3.63) is 35.2 Å². The van der Waals surface area contributed by atoms with Gasteiger partial charge in [0.1, 0.15) is 0 Å². The van der Waals surface area contributed by atoms with Crippen LogP contribution in [-0.2, 0) is 0 Å². The average molecular weight is 299 g/mol. The highest BCUT2D eigenvalue weighted by atomic mass is 32.1. The van der Waals surface area contributed by atoms with Crippen molar-refractivity contribution in [2.24, 2.45) is 17.8 Å². The Labute approximate surface area is 129 Å². The molecule has 4 atom stereocenters. The fourth-order valence-electron chi connectivity index (χ4n) is 4.45. The summed E-state index contributed by atoms with van der Waals surface area (Å²) in [6, 6.07) is 8.45. The van der Waals surface area contributed by atoms with Gasteiger partial charge in [0.25, 0.3) is 5.91 Å². The lowest BCUT2D eigenvalue weighted by Crippen LogP contribution is -2.40. The molecule has 1 aromatic carbocycles. The van der Waals surface area contributed by atoms with Gasteiger partial charge in [0, 0.05) is 21.5 Å². The number of carbonyl (C=O) groups excluding carboxylic acids is 1. The zero-order valence-corrected chi connectivity index (χ0v) is 13.2. The lowest BCUT2D eigenvalue weighted by atomic mass is 9.84. The Morgan fingerprint density at radius 1 is 1.29 bits per heavy atom. The third-order valence-corrected chi connectivity index (χ3v) is 6.48. The van der Waals surface area contributed by atoms with Crippen LogP contribution in [0.3, 0.4) is 0 Å². The van der Waals surface area contributed by atoms with Crippen LogP contribution in [0.2, 0.25) is 0 Å². The van der Waals surface area contributed by atoms with Crippen LogP contribution in [-0.4, -0.2) is 11.9 Å². The highest BCUT2D eigenvalue weighted by molar-refractivity contribution is 7.17. The number of carbonyl (C=O) groups is 1. The number of benzene rings is 1. The summed E-state index contributed by atoms with van der Waals surface area (Å²) in [6.07, 6.45) is 5.50. The van der Waals surface area contributed by atoms with Crippen LogP contribution in [0.15, 0.2) is 29.6 Å². The number of hydrogen-bond donors (Lipinski definition) is 1. The SMILES string of the molecule is C[C@@H](NC(=O)c1csc2ccccc12)[C@H]1C[C@@H]2CC[C@@H]1C2. The number of amides is 1. The molecule has 1 amide bonds. The number of fused-ring (bicyclic) bond motifs is 3. The molecule has 4 rings (SSSR count). The van der Waals surface area contributed by atoms with Crippen LogP contribution in [0, 0.1) is 17.8 Å². The molecule has 0 aliphatic heterocycles. The maximum absolute atomic E-state index is 12.6. The van der Waals surface area contributed by atoms with Gasteiger partial charge in [0.2, 0.25) is 0 Å². The molecule has 0 spiro atoms. The van der Waals surface area contributed by atoms with Crippen LogP contribution >= 0.6 is 11.3 Å². The van der Waals surface area contributed by atoms with Crippen molar-refractivity contribution < 1.29 is 4.79 Å². The molecule has 2 aliphatic carbocycles. The molecule has 2 aromatic rings. The van der Waals surface area contributed by atoms with Gasteiger partial charge in [0.05, 0.1) is 5.56 Å². The Morgan fingerprint density at radius 2 is 2.14 bits per heavy atom. The van der Waals surface area contributed by atoms with E-state index in [0.717, 1.165) is 22.8 Å². The van der Waals surface area contributed by atoms with E-state index in [1.807, 2.05) is 23.6 Å². The predicted molar refractivity (Wildman–Crippen MR) is 87.7 cm³/mol. The van der Waals surface area contributed by atoms with E-state index in [0.29, 0.717) is 12.0 Å². The van der Waals surface area contributed by atoms with Crippen molar-refractivity contribution >= 4 is 27.3 Å². The molecule has 2 saturated carbocycles. The third-order valence-electron chi connectivity index (χ3n) is 5.52. The van der Waals surface area contributed by atoms with Crippen molar-refractivity contribution in [1.29, 1.82) is 0 Å². The van der Waals surface area contributed by atoms with Gasteiger partial charge in [-0.25, -0.2) is 0 Å². The van der Waals surface area contributed by atoms with Crippen molar-refractivity contribution in [2.45, 2.75) is 38.6 Å². The molecular formula is C18H21NOS. The molecule has 3 heteroatoms. The number of hydrogen-bond acceptors (Lipinski definition) is 2. The number of nitrogens with one attached hydrogen (secondary N) is 1. The molecule has 21 heavy (non-hydrogen) atoms.